The normalized spacial score (nSPS) is 12.5. The zero-order valence-electron chi connectivity index (χ0n) is 53.3. The highest BCUT2D eigenvalue weighted by atomic mass is 16.6. The van der Waals surface area contributed by atoms with Crippen molar-refractivity contribution in [3.8, 4) is 0 Å². The molecule has 0 rings (SSSR count). The van der Waals surface area contributed by atoms with E-state index in [2.05, 4.69) is 93.7 Å². The predicted molar refractivity (Wildman–Crippen MR) is 348 cm³/mol. The second kappa shape index (κ2) is 68.3. The molecular formula is C74H132O6. The Morgan fingerprint density at radius 1 is 0.263 bits per heavy atom. The molecule has 6 nitrogen and oxygen atoms in total. The minimum atomic E-state index is -0.773. The minimum Gasteiger partial charge on any atom is -0.462 e. The van der Waals surface area contributed by atoms with Crippen molar-refractivity contribution in [2.45, 2.75) is 367 Å². The summed E-state index contributed by atoms with van der Waals surface area (Å²) in [6, 6.07) is 0. The van der Waals surface area contributed by atoms with Gasteiger partial charge >= 0.3 is 17.9 Å². The average Bonchev–Trinajstić information content (AvgIpc) is 3.46. The maximum Gasteiger partial charge on any atom is 0.306 e. The molecule has 1 unspecified atom stereocenters. The zero-order chi connectivity index (χ0) is 57.8. The second-order valence-electron chi connectivity index (χ2n) is 23.4. The molecule has 0 radical (unpaired) electrons. The molecule has 0 fully saturated rings. The lowest BCUT2D eigenvalue weighted by Crippen LogP contribution is -2.30. The third-order valence-electron chi connectivity index (χ3n) is 15.5. The van der Waals surface area contributed by atoms with Crippen LogP contribution in [0, 0.1) is 0 Å². The van der Waals surface area contributed by atoms with E-state index in [1.54, 1.807) is 0 Å². The molecule has 0 aromatic rings. The molecule has 1 atom stereocenters. The van der Waals surface area contributed by atoms with E-state index in [4.69, 9.17) is 14.2 Å². The van der Waals surface area contributed by atoms with Gasteiger partial charge in [0.2, 0.25) is 0 Å². The van der Waals surface area contributed by atoms with Gasteiger partial charge in [0.05, 0.1) is 0 Å². The van der Waals surface area contributed by atoms with Crippen LogP contribution in [0.4, 0.5) is 0 Å². The SMILES string of the molecule is CC/C=C\C/C=C\C/C=C\C/C=C\C/C=C\C/C=C\CCCCCCCCCCCCC(=O)OCC(COC(=O)CCCCCCCCC)OC(=O)CCCCCCCCCCCCCCCCCCCCCCCCCCCC. The van der Waals surface area contributed by atoms with Crippen LogP contribution in [0.3, 0.4) is 0 Å². The summed E-state index contributed by atoms with van der Waals surface area (Å²) >= 11 is 0. The van der Waals surface area contributed by atoms with Gasteiger partial charge in [-0.1, -0.05) is 344 Å². The first-order chi connectivity index (χ1) is 39.5. The minimum absolute atomic E-state index is 0.0721. The molecule has 80 heavy (non-hydrogen) atoms. The molecule has 6 heteroatoms. The Bertz CT molecular complexity index is 1470. The lowest BCUT2D eigenvalue weighted by Gasteiger charge is -2.18. The van der Waals surface area contributed by atoms with Gasteiger partial charge in [-0.2, -0.15) is 0 Å². The van der Waals surface area contributed by atoms with E-state index >= 15 is 0 Å². The van der Waals surface area contributed by atoms with Crippen LogP contribution in [0.2, 0.25) is 0 Å². The molecule has 0 heterocycles. The molecule has 0 aliphatic heterocycles. The van der Waals surface area contributed by atoms with E-state index < -0.39 is 6.10 Å². The van der Waals surface area contributed by atoms with Crippen LogP contribution in [-0.4, -0.2) is 37.2 Å². The van der Waals surface area contributed by atoms with Crippen LogP contribution in [0.1, 0.15) is 361 Å². The molecule has 0 amide bonds. The number of unbranched alkanes of at least 4 members (excludes halogenated alkanes) is 41. The number of hydrogen-bond donors (Lipinski definition) is 0. The van der Waals surface area contributed by atoms with E-state index in [9.17, 15) is 14.4 Å². The Morgan fingerprint density at radius 3 is 0.762 bits per heavy atom. The van der Waals surface area contributed by atoms with Gasteiger partial charge in [-0.05, 0) is 70.6 Å². The Morgan fingerprint density at radius 2 is 0.487 bits per heavy atom. The molecule has 0 spiro atoms. The van der Waals surface area contributed by atoms with Crippen molar-refractivity contribution >= 4 is 17.9 Å². The van der Waals surface area contributed by atoms with Gasteiger partial charge in [0, 0.05) is 19.3 Å². The largest absolute Gasteiger partial charge is 0.462 e. The highest BCUT2D eigenvalue weighted by molar-refractivity contribution is 5.71. The number of ether oxygens (including phenoxy) is 3. The highest BCUT2D eigenvalue weighted by Crippen LogP contribution is 2.18. The number of esters is 3. The van der Waals surface area contributed by atoms with Crippen molar-refractivity contribution in [2.75, 3.05) is 13.2 Å². The predicted octanol–water partition coefficient (Wildman–Crippen LogP) is 24.1. The summed E-state index contributed by atoms with van der Waals surface area (Å²) < 4.78 is 16.9. The molecule has 0 saturated heterocycles. The first-order valence-corrected chi connectivity index (χ1v) is 34.9. The maximum absolute atomic E-state index is 12.9. The molecule has 0 N–H and O–H groups in total. The molecular weight excluding hydrogens is 985 g/mol. The van der Waals surface area contributed by atoms with Crippen LogP contribution in [0.25, 0.3) is 0 Å². The van der Waals surface area contributed by atoms with Crippen molar-refractivity contribution < 1.29 is 28.6 Å². The second-order valence-corrected chi connectivity index (χ2v) is 23.4. The summed E-state index contributed by atoms with van der Waals surface area (Å²) in [4.78, 5) is 38.2. The smallest absolute Gasteiger partial charge is 0.306 e. The van der Waals surface area contributed by atoms with Gasteiger partial charge in [0.15, 0.2) is 6.10 Å². The lowest BCUT2D eigenvalue weighted by molar-refractivity contribution is -0.167. The van der Waals surface area contributed by atoms with Crippen molar-refractivity contribution in [1.29, 1.82) is 0 Å². The number of rotatable bonds is 64. The molecule has 0 aromatic carbocycles. The van der Waals surface area contributed by atoms with E-state index in [0.29, 0.717) is 19.3 Å². The first-order valence-electron chi connectivity index (χ1n) is 34.9. The third-order valence-corrected chi connectivity index (χ3v) is 15.5. The van der Waals surface area contributed by atoms with Crippen molar-refractivity contribution in [3.05, 3.63) is 72.9 Å². The summed E-state index contributed by atoms with van der Waals surface area (Å²) in [7, 11) is 0. The molecule has 0 bridgehead atoms. The fourth-order valence-corrected chi connectivity index (χ4v) is 10.3. The number of hydrogen-bond acceptors (Lipinski definition) is 6. The number of carbonyl (C=O) groups excluding carboxylic acids is 3. The Labute approximate surface area is 497 Å². The fourth-order valence-electron chi connectivity index (χ4n) is 10.3. The van der Waals surface area contributed by atoms with Gasteiger partial charge in [-0.15, -0.1) is 0 Å². The maximum atomic E-state index is 12.9. The monoisotopic (exact) mass is 1120 g/mol. The molecule has 0 aliphatic carbocycles. The van der Waals surface area contributed by atoms with Crippen LogP contribution < -0.4 is 0 Å². The van der Waals surface area contributed by atoms with Gasteiger partial charge in [0.1, 0.15) is 13.2 Å². The van der Waals surface area contributed by atoms with Crippen molar-refractivity contribution in [1.82, 2.24) is 0 Å². The number of allylic oxidation sites excluding steroid dienone is 12. The third kappa shape index (κ3) is 65.7. The average molecular weight is 1120 g/mol. The van der Waals surface area contributed by atoms with Crippen LogP contribution in [0.5, 0.6) is 0 Å². The molecule has 0 aromatic heterocycles. The standard InChI is InChI=1S/C74H132O6/c1-4-7-10-13-16-18-20-22-24-26-28-30-32-34-36-37-38-40-41-43-45-47-49-51-53-55-58-61-64-67-73(76)79-70-71(69-78-72(75)66-63-60-57-15-12-9-6-3)80-74(77)68-65-62-59-56-54-52-50-48-46-44-42-39-35-33-31-29-27-25-23-21-19-17-14-11-8-5-2/h7,10,16,18,22,24,28,30,34,36,38,40,71H,4-6,8-9,11-15,17,19-21,23,25-27,29,31-33,35,37,39,41-70H2,1-3H3/b10-7-,18-16-,24-22-,30-28-,36-34-,40-38-. The summed E-state index contributed by atoms with van der Waals surface area (Å²) in [5.41, 5.74) is 0. The fraction of sp³-hybridized carbons (Fsp3) is 0.797. The van der Waals surface area contributed by atoms with Crippen LogP contribution >= 0.6 is 0 Å². The Kier molecular flexibility index (Phi) is 65.7. The summed E-state index contributed by atoms with van der Waals surface area (Å²) in [5, 5.41) is 0. The van der Waals surface area contributed by atoms with E-state index in [0.717, 1.165) is 96.3 Å². The zero-order valence-corrected chi connectivity index (χ0v) is 53.3. The van der Waals surface area contributed by atoms with E-state index in [1.165, 1.54) is 225 Å². The quantitative estimate of drug-likeness (QED) is 0.0261. The van der Waals surface area contributed by atoms with Gasteiger partial charge < -0.3 is 14.2 Å². The van der Waals surface area contributed by atoms with E-state index in [1.807, 2.05) is 0 Å². The van der Waals surface area contributed by atoms with Gasteiger partial charge in [-0.25, -0.2) is 0 Å². The highest BCUT2D eigenvalue weighted by Gasteiger charge is 2.19. The Balaban J connectivity index is 4.07. The van der Waals surface area contributed by atoms with Crippen LogP contribution in [0.15, 0.2) is 72.9 Å². The molecule has 0 saturated carbocycles. The number of carbonyl (C=O) groups is 3. The molecule has 464 valence electrons. The lowest BCUT2D eigenvalue weighted by atomic mass is 10.0. The Hall–Kier alpha value is -3.15. The van der Waals surface area contributed by atoms with Crippen molar-refractivity contribution in [3.63, 3.8) is 0 Å². The van der Waals surface area contributed by atoms with Crippen LogP contribution in [-0.2, 0) is 28.6 Å². The van der Waals surface area contributed by atoms with Gasteiger partial charge in [-0.3, -0.25) is 14.4 Å². The summed E-state index contributed by atoms with van der Waals surface area (Å²) in [5.74, 6) is -0.863. The van der Waals surface area contributed by atoms with Gasteiger partial charge in [0.25, 0.3) is 0 Å². The topological polar surface area (TPSA) is 78.9 Å². The van der Waals surface area contributed by atoms with E-state index in [-0.39, 0.29) is 31.1 Å². The first kappa shape index (κ1) is 76.9. The van der Waals surface area contributed by atoms with Crippen molar-refractivity contribution in [2.24, 2.45) is 0 Å². The summed E-state index contributed by atoms with van der Waals surface area (Å²) in [6.07, 6.45) is 89.6. The summed E-state index contributed by atoms with van der Waals surface area (Å²) in [6.45, 7) is 6.53. The molecule has 0 aliphatic rings.